The van der Waals surface area contributed by atoms with Gasteiger partial charge in [-0.2, -0.15) is 0 Å². The van der Waals surface area contributed by atoms with E-state index in [2.05, 4.69) is 16.0 Å². The minimum Gasteiger partial charge on any atom is -0.380 e. The zero-order valence-corrected chi connectivity index (χ0v) is 12.1. The molecule has 1 heterocycles. The van der Waals surface area contributed by atoms with Crippen molar-refractivity contribution in [1.29, 1.82) is 0 Å². The molecule has 0 aliphatic carbocycles. The third-order valence-electron chi connectivity index (χ3n) is 3.50. The van der Waals surface area contributed by atoms with Crippen molar-refractivity contribution < 1.29 is 14.3 Å². The first kappa shape index (κ1) is 15.5. The number of carbonyl (C=O) groups excluding carboxylic acids is 2. The summed E-state index contributed by atoms with van der Waals surface area (Å²) in [6, 6.07) is 9.35. The normalized spacial score (nSPS) is 21.0. The molecule has 2 rings (SSSR count). The number of rotatable bonds is 6. The van der Waals surface area contributed by atoms with Crippen LogP contribution >= 0.6 is 0 Å². The van der Waals surface area contributed by atoms with Crippen LogP contribution in [0, 0.1) is 0 Å². The fourth-order valence-electron chi connectivity index (χ4n) is 2.23. The minimum atomic E-state index is -0.281. The van der Waals surface area contributed by atoms with Gasteiger partial charge in [-0.3, -0.25) is 9.59 Å². The van der Waals surface area contributed by atoms with E-state index in [9.17, 15) is 9.59 Å². The Balaban J connectivity index is 1.66. The Morgan fingerprint density at radius 1 is 1.29 bits per heavy atom. The van der Waals surface area contributed by atoms with Crippen molar-refractivity contribution in [2.45, 2.75) is 25.1 Å². The van der Waals surface area contributed by atoms with E-state index in [4.69, 9.17) is 4.74 Å². The van der Waals surface area contributed by atoms with Crippen LogP contribution < -0.4 is 16.0 Å². The van der Waals surface area contributed by atoms with E-state index in [0.717, 1.165) is 5.56 Å². The highest BCUT2D eigenvalue weighted by molar-refractivity contribution is 5.87. The van der Waals surface area contributed by atoms with Crippen LogP contribution in [-0.2, 0) is 20.9 Å². The van der Waals surface area contributed by atoms with Gasteiger partial charge in [-0.25, -0.2) is 0 Å². The second kappa shape index (κ2) is 7.75. The summed E-state index contributed by atoms with van der Waals surface area (Å²) in [4.78, 5) is 23.6. The fourth-order valence-corrected chi connectivity index (χ4v) is 2.23. The Bertz CT molecular complexity index is 478. The molecule has 1 aliphatic heterocycles. The molecule has 1 fully saturated rings. The summed E-state index contributed by atoms with van der Waals surface area (Å²) in [6.45, 7) is 1.11. The SMILES string of the molecule is COC1CNC(C(=O)NCC(=O)NCc2ccccc2)C1. The van der Waals surface area contributed by atoms with Crippen LogP contribution in [0.15, 0.2) is 30.3 Å². The smallest absolute Gasteiger partial charge is 0.239 e. The average Bonchev–Trinajstić information content (AvgIpc) is 3.00. The average molecular weight is 291 g/mol. The van der Waals surface area contributed by atoms with E-state index in [-0.39, 0.29) is 30.5 Å². The van der Waals surface area contributed by atoms with E-state index in [1.165, 1.54) is 0 Å². The van der Waals surface area contributed by atoms with Gasteiger partial charge in [0.25, 0.3) is 0 Å². The molecule has 0 saturated carbocycles. The lowest BCUT2D eigenvalue weighted by atomic mass is 10.2. The highest BCUT2D eigenvalue weighted by Crippen LogP contribution is 2.09. The van der Waals surface area contributed by atoms with Gasteiger partial charge >= 0.3 is 0 Å². The van der Waals surface area contributed by atoms with Crippen LogP contribution in [0.2, 0.25) is 0 Å². The van der Waals surface area contributed by atoms with Crippen molar-refractivity contribution in [3.05, 3.63) is 35.9 Å². The molecule has 3 N–H and O–H groups in total. The van der Waals surface area contributed by atoms with Crippen molar-refractivity contribution in [1.82, 2.24) is 16.0 Å². The highest BCUT2D eigenvalue weighted by atomic mass is 16.5. The van der Waals surface area contributed by atoms with Crippen molar-refractivity contribution in [2.75, 3.05) is 20.2 Å². The number of carbonyl (C=O) groups is 2. The number of nitrogens with one attached hydrogen (secondary N) is 3. The summed E-state index contributed by atoms with van der Waals surface area (Å²) in [6.07, 6.45) is 0.696. The molecule has 6 nitrogen and oxygen atoms in total. The van der Waals surface area contributed by atoms with E-state index in [1.807, 2.05) is 30.3 Å². The predicted octanol–water partition coefficient (Wildman–Crippen LogP) is -0.204. The molecule has 114 valence electrons. The topological polar surface area (TPSA) is 79.5 Å². The van der Waals surface area contributed by atoms with E-state index in [1.54, 1.807) is 7.11 Å². The molecule has 0 aromatic heterocycles. The Labute approximate surface area is 124 Å². The maximum Gasteiger partial charge on any atom is 0.239 e. The zero-order valence-electron chi connectivity index (χ0n) is 12.1. The van der Waals surface area contributed by atoms with Crippen molar-refractivity contribution in [2.24, 2.45) is 0 Å². The standard InChI is InChI=1S/C15H21N3O3/c1-21-12-7-13(16-9-12)15(20)18-10-14(19)17-8-11-5-3-2-4-6-11/h2-6,12-13,16H,7-10H2,1H3,(H,17,19)(H,18,20). The fraction of sp³-hybridized carbons (Fsp3) is 0.467. The molecular weight excluding hydrogens is 270 g/mol. The van der Waals surface area contributed by atoms with Gasteiger partial charge in [0.05, 0.1) is 18.7 Å². The molecular formula is C15H21N3O3. The maximum atomic E-state index is 11.9. The van der Waals surface area contributed by atoms with Gasteiger partial charge in [0.2, 0.25) is 11.8 Å². The molecule has 2 atom stereocenters. The van der Waals surface area contributed by atoms with Crippen molar-refractivity contribution >= 4 is 11.8 Å². The summed E-state index contributed by atoms with van der Waals surface area (Å²) in [5.74, 6) is -0.363. The second-order valence-electron chi connectivity index (χ2n) is 5.03. The molecule has 6 heteroatoms. The summed E-state index contributed by atoms with van der Waals surface area (Å²) >= 11 is 0. The van der Waals surface area contributed by atoms with Crippen LogP contribution in [0.5, 0.6) is 0 Å². The third kappa shape index (κ3) is 4.84. The minimum absolute atomic E-state index is 0.0124. The Kier molecular flexibility index (Phi) is 5.71. The lowest BCUT2D eigenvalue weighted by molar-refractivity contribution is -0.127. The van der Waals surface area contributed by atoms with Gasteiger partial charge in [-0.1, -0.05) is 30.3 Å². The van der Waals surface area contributed by atoms with E-state index >= 15 is 0 Å². The summed E-state index contributed by atoms with van der Waals surface area (Å²) in [5, 5.41) is 8.47. The quantitative estimate of drug-likeness (QED) is 0.678. The molecule has 1 saturated heterocycles. The number of amides is 2. The summed E-state index contributed by atoms with van der Waals surface area (Å²) in [5.41, 5.74) is 1.03. The molecule has 2 unspecified atom stereocenters. The number of benzene rings is 1. The Morgan fingerprint density at radius 2 is 2.05 bits per heavy atom. The largest absolute Gasteiger partial charge is 0.380 e. The van der Waals surface area contributed by atoms with Crippen LogP contribution in [0.25, 0.3) is 0 Å². The van der Waals surface area contributed by atoms with E-state index < -0.39 is 0 Å². The molecule has 0 radical (unpaired) electrons. The first-order valence-electron chi connectivity index (χ1n) is 7.03. The third-order valence-corrected chi connectivity index (χ3v) is 3.50. The maximum absolute atomic E-state index is 11.9. The van der Waals surface area contributed by atoms with Crippen LogP contribution in [0.3, 0.4) is 0 Å². The van der Waals surface area contributed by atoms with Gasteiger partial charge in [-0.05, 0) is 12.0 Å². The molecule has 21 heavy (non-hydrogen) atoms. The van der Waals surface area contributed by atoms with Gasteiger partial charge in [0.1, 0.15) is 0 Å². The first-order chi connectivity index (χ1) is 10.2. The van der Waals surface area contributed by atoms with Gasteiger partial charge < -0.3 is 20.7 Å². The van der Waals surface area contributed by atoms with Crippen molar-refractivity contribution in [3.63, 3.8) is 0 Å². The van der Waals surface area contributed by atoms with Crippen LogP contribution in [0.4, 0.5) is 0 Å². The Hall–Kier alpha value is -1.92. The lowest BCUT2D eigenvalue weighted by Crippen LogP contribution is -2.44. The Morgan fingerprint density at radius 3 is 2.71 bits per heavy atom. The molecule has 0 spiro atoms. The number of hydrogen-bond donors (Lipinski definition) is 3. The summed E-state index contributed by atoms with van der Waals surface area (Å²) < 4.78 is 5.18. The first-order valence-corrected chi connectivity index (χ1v) is 7.03. The highest BCUT2D eigenvalue weighted by Gasteiger charge is 2.29. The predicted molar refractivity (Wildman–Crippen MR) is 78.5 cm³/mol. The monoisotopic (exact) mass is 291 g/mol. The zero-order chi connectivity index (χ0) is 15.1. The number of hydrogen-bond acceptors (Lipinski definition) is 4. The van der Waals surface area contributed by atoms with E-state index in [0.29, 0.717) is 19.5 Å². The molecule has 2 amide bonds. The lowest BCUT2D eigenvalue weighted by Gasteiger charge is -2.11. The van der Waals surface area contributed by atoms with Crippen LogP contribution in [-0.4, -0.2) is 44.2 Å². The molecule has 0 bridgehead atoms. The van der Waals surface area contributed by atoms with Crippen molar-refractivity contribution in [3.8, 4) is 0 Å². The number of methoxy groups -OCH3 is 1. The molecule has 1 aromatic carbocycles. The van der Waals surface area contributed by atoms with Gasteiger partial charge in [0, 0.05) is 20.2 Å². The molecule has 1 aliphatic rings. The molecule has 1 aromatic rings. The van der Waals surface area contributed by atoms with Gasteiger partial charge in [0.15, 0.2) is 0 Å². The van der Waals surface area contributed by atoms with Gasteiger partial charge in [-0.15, -0.1) is 0 Å². The number of ether oxygens (including phenoxy) is 1. The van der Waals surface area contributed by atoms with Crippen LogP contribution in [0.1, 0.15) is 12.0 Å². The summed E-state index contributed by atoms with van der Waals surface area (Å²) in [7, 11) is 1.63. The second-order valence-corrected chi connectivity index (χ2v) is 5.03.